The van der Waals surface area contributed by atoms with E-state index in [-0.39, 0.29) is 0 Å². The van der Waals surface area contributed by atoms with E-state index in [1.807, 2.05) is 36.7 Å². The Balaban J connectivity index is 2.01. The van der Waals surface area contributed by atoms with Crippen molar-refractivity contribution in [2.45, 2.75) is 6.54 Å². The molecule has 0 spiro atoms. The number of pyridine rings is 1. The van der Waals surface area contributed by atoms with Gasteiger partial charge in [0.2, 0.25) is 0 Å². The Morgan fingerprint density at radius 3 is 2.71 bits per heavy atom. The molecule has 1 aromatic carbocycles. The number of hydrogen-bond donors (Lipinski definition) is 1. The van der Waals surface area contributed by atoms with Gasteiger partial charge in [-0.25, -0.2) is 0 Å². The van der Waals surface area contributed by atoms with Crippen LogP contribution in [0.1, 0.15) is 5.56 Å². The van der Waals surface area contributed by atoms with Crippen LogP contribution in [0.2, 0.25) is 0 Å². The minimum Gasteiger partial charge on any atom is -0.399 e. The van der Waals surface area contributed by atoms with Gasteiger partial charge in [-0.1, -0.05) is 0 Å². The minimum absolute atomic E-state index is 0.805. The number of rotatable bonds is 2. The number of nitrogens with zero attached hydrogens (tertiary/aromatic N) is 2. The molecule has 0 aliphatic heterocycles. The Hall–Kier alpha value is -2.29. The lowest BCUT2D eigenvalue weighted by atomic mass is 10.2. The Morgan fingerprint density at radius 2 is 1.88 bits per heavy atom. The van der Waals surface area contributed by atoms with E-state index in [0.29, 0.717) is 0 Å². The zero-order valence-corrected chi connectivity index (χ0v) is 9.38. The van der Waals surface area contributed by atoms with E-state index in [2.05, 4.69) is 27.9 Å². The van der Waals surface area contributed by atoms with Crippen LogP contribution in [0.25, 0.3) is 10.9 Å². The molecule has 3 nitrogen and oxygen atoms in total. The smallest absolute Gasteiger partial charge is 0.0484 e. The van der Waals surface area contributed by atoms with Gasteiger partial charge < -0.3 is 10.3 Å². The second kappa shape index (κ2) is 3.94. The summed E-state index contributed by atoms with van der Waals surface area (Å²) in [4.78, 5) is 4.02. The number of fused-ring (bicyclic) bond motifs is 1. The third-order valence-corrected chi connectivity index (χ3v) is 2.90. The lowest BCUT2D eigenvalue weighted by molar-refractivity contribution is 0.835. The molecule has 0 fully saturated rings. The van der Waals surface area contributed by atoms with E-state index in [9.17, 15) is 0 Å². The van der Waals surface area contributed by atoms with Crippen molar-refractivity contribution in [2.75, 3.05) is 5.73 Å². The Bertz CT molecular complexity index is 641. The molecule has 0 unspecified atom stereocenters. The highest BCUT2D eigenvalue weighted by atomic mass is 14.9. The van der Waals surface area contributed by atoms with Crippen molar-refractivity contribution in [1.82, 2.24) is 9.55 Å². The maximum atomic E-state index is 5.77. The number of hydrogen-bond acceptors (Lipinski definition) is 2. The fourth-order valence-electron chi connectivity index (χ4n) is 2.04. The molecule has 0 saturated carbocycles. The summed E-state index contributed by atoms with van der Waals surface area (Å²) in [6.07, 6.45) is 5.72. The minimum atomic E-state index is 0.805. The van der Waals surface area contributed by atoms with Gasteiger partial charge in [0.05, 0.1) is 0 Å². The Labute approximate surface area is 99.5 Å². The summed E-state index contributed by atoms with van der Waals surface area (Å²) in [5, 5.41) is 1.18. The van der Waals surface area contributed by atoms with Crippen LogP contribution in [0.4, 0.5) is 5.69 Å². The standard InChI is InChI=1S/C14H13N3/c15-13-1-2-14-12(9-13)5-8-17(14)10-11-3-6-16-7-4-11/h1-9H,10,15H2. The van der Waals surface area contributed by atoms with Gasteiger partial charge in [-0.3, -0.25) is 4.98 Å². The lowest BCUT2D eigenvalue weighted by Gasteiger charge is -2.05. The molecule has 0 amide bonds. The largest absolute Gasteiger partial charge is 0.399 e. The molecular formula is C14H13N3. The molecule has 17 heavy (non-hydrogen) atoms. The molecule has 2 aromatic heterocycles. The molecule has 0 aliphatic carbocycles. The molecule has 3 aromatic rings. The number of benzene rings is 1. The molecule has 3 rings (SSSR count). The van der Waals surface area contributed by atoms with Gasteiger partial charge in [0.15, 0.2) is 0 Å². The summed E-state index contributed by atoms with van der Waals surface area (Å²) in [7, 11) is 0. The van der Waals surface area contributed by atoms with Crippen molar-refractivity contribution in [3.05, 3.63) is 60.6 Å². The average molecular weight is 223 g/mol. The van der Waals surface area contributed by atoms with Crippen LogP contribution in [0.15, 0.2) is 55.0 Å². The summed E-state index contributed by atoms with van der Waals surface area (Å²) in [5.41, 5.74) is 9.02. The molecule has 84 valence electrons. The molecular weight excluding hydrogens is 210 g/mol. The van der Waals surface area contributed by atoms with E-state index in [4.69, 9.17) is 5.73 Å². The number of nitrogen functional groups attached to an aromatic ring is 1. The zero-order chi connectivity index (χ0) is 11.7. The number of nitrogens with two attached hydrogens (primary N) is 1. The summed E-state index contributed by atoms with van der Waals surface area (Å²) in [5.74, 6) is 0. The summed E-state index contributed by atoms with van der Waals surface area (Å²) < 4.78 is 2.21. The second-order valence-electron chi connectivity index (χ2n) is 4.12. The van der Waals surface area contributed by atoms with Crippen molar-refractivity contribution in [3.63, 3.8) is 0 Å². The SMILES string of the molecule is Nc1ccc2c(ccn2Cc2ccncc2)c1. The van der Waals surface area contributed by atoms with Crippen LogP contribution in [0.5, 0.6) is 0 Å². The first-order valence-electron chi connectivity index (χ1n) is 5.56. The fraction of sp³-hybridized carbons (Fsp3) is 0.0714. The molecule has 0 saturated heterocycles. The predicted molar refractivity (Wildman–Crippen MR) is 69.7 cm³/mol. The van der Waals surface area contributed by atoms with Crippen molar-refractivity contribution >= 4 is 16.6 Å². The van der Waals surface area contributed by atoms with E-state index in [0.717, 1.165) is 12.2 Å². The number of anilines is 1. The lowest BCUT2D eigenvalue weighted by Crippen LogP contribution is -1.97. The summed E-state index contributed by atoms with van der Waals surface area (Å²) in [6.45, 7) is 0.857. The van der Waals surface area contributed by atoms with Crippen LogP contribution in [-0.2, 0) is 6.54 Å². The van der Waals surface area contributed by atoms with Crippen LogP contribution < -0.4 is 5.73 Å². The molecule has 0 radical (unpaired) electrons. The van der Waals surface area contributed by atoms with Gasteiger partial charge in [0.25, 0.3) is 0 Å². The van der Waals surface area contributed by atoms with Crippen LogP contribution >= 0.6 is 0 Å². The summed E-state index contributed by atoms with van der Waals surface area (Å²) >= 11 is 0. The predicted octanol–water partition coefficient (Wildman–Crippen LogP) is 2.67. The Morgan fingerprint density at radius 1 is 1.06 bits per heavy atom. The highest BCUT2D eigenvalue weighted by Crippen LogP contribution is 2.19. The van der Waals surface area contributed by atoms with Crippen molar-refractivity contribution in [3.8, 4) is 0 Å². The third-order valence-electron chi connectivity index (χ3n) is 2.90. The maximum Gasteiger partial charge on any atom is 0.0484 e. The highest BCUT2D eigenvalue weighted by Gasteiger charge is 2.01. The van der Waals surface area contributed by atoms with E-state index < -0.39 is 0 Å². The molecule has 3 heteroatoms. The zero-order valence-electron chi connectivity index (χ0n) is 9.38. The van der Waals surface area contributed by atoms with Gasteiger partial charge in [-0.15, -0.1) is 0 Å². The third kappa shape index (κ3) is 1.87. The molecule has 0 bridgehead atoms. The van der Waals surface area contributed by atoms with E-state index in [1.165, 1.54) is 16.5 Å². The topological polar surface area (TPSA) is 43.8 Å². The summed E-state index contributed by atoms with van der Waals surface area (Å²) in [6, 6.07) is 12.1. The first-order valence-corrected chi connectivity index (χ1v) is 5.56. The van der Waals surface area contributed by atoms with Crippen LogP contribution in [0, 0.1) is 0 Å². The van der Waals surface area contributed by atoms with Gasteiger partial charge in [-0.05, 0) is 42.0 Å². The van der Waals surface area contributed by atoms with Crippen molar-refractivity contribution in [1.29, 1.82) is 0 Å². The monoisotopic (exact) mass is 223 g/mol. The average Bonchev–Trinajstić information content (AvgIpc) is 2.73. The normalized spacial score (nSPS) is 10.8. The van der Waals surface area contributed by atoms with E-state index in [1.54, 1.807) is 0 Å². The van der Waals surface area contributed by atoms with E-state index >= 15 is 0 Å². The van der Waals surface area contributed by atoms with Crippen molar-refractivity contribution < 1.29 is 0 Å². The van der Waals surface area contributed by atoms with Gasteiger partial charge >= 0.3 is 0 Å². The first-order chi connectivity index (χ1) is 8.33. The van der Waals surface area contributed by atoms with Crippen molar-refractivity contribution in [2.24, 2.45) is 0 Å². The quantitative estimate of drug-likeness (QED) is 0.679. The van der Waals surface area contributed by atoms with Gasteiger partial charge in [0, 0.05) is 41.7 Å². The molecule has 0 atom stereocenters. The number of aromatic nitrogens is 2. The van der Waals surface area contributed by atoms with Crippen LogP contribution in [0.3, 0.4) is 0 Å². The van der Waals surface area contributed by atoms with Gasteiger partial charge in [0.1, 0.15) is 0 Å². The second-order valence-corrected chi connectivity index (χ2v) is 4.12. The maximum absolute atomic E-state index is 5.77. The van der Waals surface area contributed by atoms with Crippen LogP contribution in [-0.4, -0.2) is 9.55 Å². The molecule has 2 N–H and O–H groups in total. The molecule has 2 heterocycles. The van der Waals surface area contributed by atoms with Gasteiger partial charge in [-0.2, -0.15) is 0 Å². The fourth-order valence-corrected chi connectivity index (χ4v) is 2.04. The molecule has 0 aliphatic rings. The first kappa shape index (κ1) is 9.90. The highest BCUT2D eigenvalue weighted by molar-refractivity contribution is 5.83. The Kier molecular flexibility index (Phi) is 2.29.